The molecule has 0 bridgehead atoms. The summed E-state index contributed by atoms with van der Waals surface area (Å²) in [5, 5.41) is 7.77. The van der Waals surface area contributed by atoms with E-state index in [2.05, 4.69) is 36.3 Å². The van der Waals surface area contributed by atoms with Gasteiger partial charge in [0.1, 0.15) is 12.2 Å². The van der Waals surface area contributed by atoms with Crippen LogP contribution in [-0.2, 0) is 13.0 Å². The maximum Gasteiger partial charge on any atom is 0.138 e. The van der Waals surface area contributed by atoms with E-state index >= 15 is 0 Å². The van der Waals surface area contributed by atoms with Crippen molar-refractivity contribution in [3.8, 4) is 0 Å². The molecule has 3 unspecified atom stereocenters. The Bertz CT molecular complexity index is 360. The molecule has 2 rings (SSSR count). The lowest BCUT2D eigenvalue weighted by Gasteiger charge is -2.35. The van der Waals surface area contributed by atoms with Crippen LogP contribution < -0.4 is 5.32 Å². The lowest BCUT2D eigenvalue weighted by molar-refractivity contribution is 0.201. The largest absolute Gasteiger partial charge is 0.317 e. The number of nitrogens with zero attached hydrogens (tertiary/aromatic N) is 3. The van der Waals surface area contributed by atoms with Crippen molar-refractivity contribution in [2.24, 2.45) is 11.8 Å². The number of hydrogen-bond acceptors (Lipinski definition) is 3. The van der Waals surface area contributed by atoms with Crippen LogP contribution in [0.4, 0.5) is 0 Å². The smallest absolute Gasteiger partial charge is 0.138 e. The lowest BCUT2D eigenvalue weighted by Crippen LogP contribution is -2.40. The van der Waals surface area contributed by atoms with Gasteiger partial charge >= 0.3 is 0 Å². The van der Waals surface area contributed by atoms with Gasteiger partial charge in [0, 0.05) is 19.0 Å². The predicted molar refractivity (Wildman–Crippen MR) is 73.4 cm³/mol. The van der Waals surface area contributed by atoms with Gasteiger partial charge in [0.15, 0.2) is 0 Å². The van der Waals surface area contributed by atoms with Crippen LogP contribution in [0.15, 0.2) is 6.33 Å². The molecule has 0 saturated heterocycles. The van der Waals surface area contributed by atoms with Gasteiger partial charge < -0.3 is 5.32 Å². The Hall–Kier alpha value is -0.900. The van der Waals surface area contributed by atoms with Crippen molar-refractivity contribution in [2.45, 2.75) is 58.5 Å². The van der Waals surface area contributed by atoms with Crippen LogP contribution in [0.5, 0.6) is 0 Å². The highest BCUT2D eigenvalue weighted by Gasteiger charge is 2.29. The molecular weight excluding hydrogens is 224 g/mol. The van der Waals surface area contributed by atoms with Crippen molar-refractivity contribution in [1.82, 2.24) is 20.1 Å². The zero-order valence-corrected chi connectivity index (χ0v) is 11.9. The third-order valence-electron chi connectivity index (χ3n) is 4.48. The maximum absolute atomic E-state index is 4.42. The van der Waals surface area contributed by atoms with Gasteiger partial charge in [-0.25, -0.2) is 4.98 Å². The summed E-state index contributed by atoms with van der Waals surface area (Å²) in [6.45, 7) is 5.36. The van der Waals surface area contributed by atoms with Gasteiger partial charge in [-0.2, -0.15) is 5.10 Å². The molecule has 0 amide bonds. The van der Waals surface area contributed by atoms with E-state index < -0.39 is 0 Å². The normalized spacial score (nSPS) is 28.5. The molecule has 1 aliphatic carbocycles. The average Bonchev–Trinajstić information content (AvgIpc) is 2.86. The van der Waals surface area contributed by atoms with Crippen LogP contribution in [-0.4, -0.2) is 27.9 Å². The Morgan fingerprint density at radius 2 is 2.22 bits per heavy atom. The number of rotatable bonds is 5. The van der Waals surface area contributed by atoms with Crippen molar-refractivity contribution in [3.05, 3.63) is 12.2 Å². The van der Waals surface area contributed by atoms with Crippen molar-refractivity contribution in [2.75, 3.05) is 7.05 Å². The molecule has 1 aromatic heterocycles. The molecule has 0 aromatic carbocycles. The second-order valence-electron chi connectivity index (χ2n) is 5.44. The van der Waals surface area contributed by atoms with E-state index in [9.17, 15) is 0 Å². The molecule has 1 fully saturated rings. The van der Waals surface area contributed by atoms with E-state index in [1.807, 2.05) is 4.68 Å². The first kappa shape index (κ1) is 13.5. The zero-order valence-electron chi connectivity index (χ0n) is 11.9. The van der Waals surface area contributed by atoms with Gasteiger partial charge in [0.05, 0.1) is 0 Å². The Balaban J connectivity index is 2.04. The van der Waals surface area contributed by atoms with Gasteiger partial charge in [-0.1, -0.05) is 13.3 Å². The van der Waals surface area contributed by atoms with Gasteiger partial charge in [-0.3, -0.25) is 4.68 Å². The molecule has 0 radical (unpaired) electrons. The summed E-state index contributed by atoms with van der Waals surface area (Å²) >= 11 is 0. The minimum Gasteiger partial charge on any atom is -0.317 e. The first-order chi connectivity index (χ1) is 8.78. The molecular formula is C14H26N4. The Morgan fingerprint density at radius 1 is 1.39 bits per heavy atom. The highest BCUT2D eigenvalue weighted by molar-refractivity contribution is 4.93. The number of nitrogens with one attached hydrogen (secondary N) is 1. The molecule has 18 heavy (non-hydrogen) atoms. The first-order valence-electron chi connectivity index (χ1n) is 7.32. The van der Waals surface area contributed by atoms with Crippen LogP contribution in [0.25, 0.3) is 0 Å². The van der Waals surface area contributed by atoms with E-state index in [1.54, 1.807) is 6.33 Å². The fourth-order valence-corrected chi connectivity index (χ4v) is 3.28. The molecule has 3 atom stereocenters. The topological polar surface area (TPSA) is 42.7 Å². The van der Waals surface area contributed by atoms with Crippen LogP contribution in [0, 0.1) is 11.8 Å². The quantitative estimate of drug-likeness (QED) is 0.871. The van der Waals surface area contributed by atoms with Crippen molar-refractivity contribution < 1.29 is 0 Å². The second-order valence-corrected chi connectivity index (χ2v) is 5.44. The summed E-state index contributed by atoms with van der Waals surface area (Å²) in [4.78, 5) is 4.42. The fourth-order valence-electron chi connectivity index (χ4n) is 3.28. The summed E-state index contributed by atoms with van der Waals surface area (Å²) in [6, 6.07) is 0.648. The Labute approximate surface area is 110 Å². The average molecular weight is 250 g/mol. The minimum atomic E-state index is 0.648. The second kappa shape index (κ2) is 6.32. The minimum absolute atomic E-state index is 0.648. The van der Waals surface area contributed by atoms with Gasteiger partial charge in [-0.05, 0) is 45.1 Å². The molecule has 4 nitrogen and oxygen atoms in total. The summed E-state index contributed by atoms with van der Waals surface area (Å²) in [5.41, 5.74) is 0. The van der Waals surface area contributed by atoms with E-state index in [0.717, 1.165) is 24.7 Å². The van der Waals surface area contributed by atoms with Gasteiger partial charge in [0.2, 0.25) is 0 Å². The molecule has 1 aromatic rings. The molecule has 1 saturated carbocycles. The number of hydrogen-bond donors (Lipinski definition) is 1. The van der Waals surface area contributed by atoms with Crippen molar-refractivity contribution in [1.29, 1.82) is 0 Å². The summed E-state index contributed by atoms with van der Waals surface area (Å²) < 4.78 is 2.03. The highest BCUT2D eigenvalue weighted by Crippen LogP contribution is 2.32. The SMILES string of the molecule is CCC1CCC(NC)C(Cc2ncnn2CC)C1. The monoisotopic (exact) mass is 250 g/mol. The number of aryl methyl sites for hydroxylation is 1. The van der Waals surface area contributed by atoms with Crippen LogP contribution in [0.3, 0.4) is 0 Å². The molecule has 1 N–H and O–H groups in total. The van der Waals surface area contributed by atoms with Crippen LogP contribution >= 0.6 is 0 Å². The summed E-state index contributed by atoms with van der Waals surface area (Å²) in [7, 11) is 2.09. The first-order valence-corrected chi connectivity index (χ1v) is 7.32. The summed E-state index contributed by atoms with van der Waals surface area (Å²) in [6.07, 6.45) is 8.08. The molecule has 4 heteroatoms. The predicted octanol–water partition coefficient (Wildman–Crippen LogP) is 2.25. The van der Waals surface area contributed by atoms with E-state index in [-0.39, 0.29) is 0 Å². The van der Waals surface area contributed by atoms with Crippen molar-refractivity contribution in [3.63, 3.8) is 0 Å². The molecule has 1 aliphatic rings. The van der Waals surface area contributed by atoms with E-state index in [4.69, 9.17) is 0 Å². The Morgan fingerprint density at radius 3 is 2.89 bits per heavy atom. The molecule has 102 valence electrons. The Kier molecular flexibility index (Phi) is 4.75. The molecule has 1 heterocycles. The van der Waals surface area contributed by atoms with E-state index in [1.165, 1.54) is 25.7 Å². The lowest BCUT2D eigenvalue weighted by atomic mass is 9.75. The van der Waals surface area contributed by atoms with Crippen LogP contribution in [0.2, 0.25) is 0 Å². The third kappa shape index (κ3) is 2.91. The van der Waals surface area contributed by atoms with Crippen molar-refractivity contribution >= 4 is 0 Å². The summed E-state index contributed by atoms with van der Waals surface area (Å²) in [5.74, 6) is 2.76. The van der Waals surface area contributed by atoms with Gasteiger partial charge in [-0.15, -0.1) is 0 Å². The maximum atomic E-state index is 4.42. The molecule has 0 aliphatic heterocycles. The standard InChI is InChI=1S/C14H26N4/c1-4-11-6-7-13(15-3)12(8-11)9-14-16-10-17-18(14)5-2/h10-13,15H,4-9H2,1-3H3. The number of aromatic nitrogens is 3. The highest BCUT2D eigenvalue weighted by atomic mass is 15.3. The van der Waals surface area contributed by atoms with Crippen LogP contribution in [0.1, 0.15) is 45.4 Å². The van der Waals surface area contributed by atoms with Gasteiger partial charge in [0.25, 0.3) is 0 Å². The zero-order chi connectivity index (χ0) is 13.0. The fraction of sp³-hybridized carbons (Fsp3) is 0.857. The van der Waals surface area contributed by atoms with E-state index in [0.29, 0.717) is 12.0 Å². The molecule has 0 spiro atoms. The third-order valence-corrected chi connectivity index (χ3v) is 4.48.